The van der Waals surface area contributed by atoms with Crippen LogP contribution >= 0.6 is 0 Å². The number of aliphatic hydroxyl groups excluding tert-OH is 4. The molecule has 3 aromatic carbocycles. The van der Waals surface area contributed by atoms with Crippen molar-refractivity contribution in [2.45, 2.75) is 88.5 Å². The van der Waals surface area contributed by atoms with Gasteiger partial charge >= 0.3 is 5.97 Å². The standard InChI is InChI=1S/C46H52O12/c1-24-16-28-17-29(43(53)54)18-34(38(28)40(50)36(24)33(49)13-10-25-6-3-2-4-7-25)57-44-41(51)42(52)46(35(20-48)58-44)19-31-30-9-5-8-27-21-55-23-45(14-15-47,39(27)30)32-12-11-26(22-56-46)37(31)32/h2-4,6-7,12,16-18,27,30-31,35,39,41-42,44,47-48,50-52H,5,8-11,13-15,19-23H2,1H3,(H,53,54)/t27-,30-,31-,35+,39-,41+,42+,44+,45-,46+/m0/s1. The maximum atomic E-state index is 13.6. The van der Waals surface area contributed by atoms with E-state index in [4.69, 9.17) is 18.9 Å². The van der Waals surface area contributed by atoms with E-state index in [1.165, 1.54) is 23.3 Å². The van der Waals surface area contributed by atoms with Crippen LogP contribution in [0.5, 0.6) is 11.5 Å². The number of phenols is 1. The number of carboxylic acids is 1. The molecule has 2 saturated carbocycles. The van der Waals surface area contributed by atoms with Gasteiger partial charge in [0.15, 0.2) is 5.78 Å². The second-order valence-electron chi connectivity index (χ2n) is 17.4. The fraction of sp³-hybridized carbons (Fsp3) is 0.522. The highest BCUT2D eigenvalue weighted by molar-refractivity contribution is 6.09. The van der Waals surface area contributed by atoms with E-state index in [0.29, 0.717) is 44.0 Å². The summed E-state index contributed by atoms with van der Waals surface area (Å²) in [6.45, 7) is 2.50. The Morgan fingerprint density at radius 2 is 1.86 bits per heavy atom. The minimum atomic E-state index is -1.73. The number of ether oxygens (including phenoxy) is 4. The lowest BCUT2D eigenvalue weighted by atomic mass is 9.46. The van der Waals surface area contributed by atoms with E-state index >= 15 is 0 Å². The van der Waals surface area contributed by atoms with Gasteiger partial charge in [0.2, 0.25) is 6.29 Å². The molecule has 0 aromatic heterocycles. The quantitative estimate of drug-likeness (QED) is 0.150. The first-order valence-electron chi connectivity index (χ1n) is 20.7. The molecular formula is C46H52O12. The number of phenolic OH excluding ortho intramolecular Hbond substituents is 1. The number of aromatic carboxylic acids is 1. The molecule has 0 bridgehead atoms. The smallest absolute Gasteiger partial charge is 0.335 e. The molecule has 1 spiro atoms. The number of allylic oxidation sites excluding steroid dienone is 2. The average Bonchev–Trinajstić information content (AvgIpc) is 3.58. The molecule has 12 nitrogen and oxygen atoms in total. The van der Waals surface area contributed by atoms with Gasteiger partial charge in [-0.25, -0.2) is 4.79 Å². The van der Waals surface area contributed by atoms with Crippen LogP contribution in [0, 0.1) is 36.0 Å². The van der Waals surface area contributed by atoms with E-state index in [1.54, 1.807) is 13.0 Å². The predicted octanol–water partition coefficient (Wildman–Crippen LogP) is 5.03. The molecule has 3 aromatic rings. The van der Waals surface area contributed by atoms with Gasteiger partial charge in [-0.1, -0.05) is 48.9 Å². The van der Waals surface area contributed by atoms with Gasteiger partial charge in [0.1, 0.15) is 35.4 Å². The first-order valence-corrected chi connectivity index (χ1v) is 20.7. The third-order valence-electron chi connectivity index (χ3n) is 14.4. The zero-order chi connectivity index (χ0) is 40.5. The topological polar surface area (TPSA) is 192 Å². The van der Waals surface area contributed by atoms with Crippen LogP contribution in [-0.2, 0) is 20.6 Å². The summed E-state index contributed by atoms with van der Waals surface area (Å²) in [6, 6.07) is 13.7. The molecule has 3 aliphatic carbocycles. The van der Waals surface area contributed by atoms with Crippen molar-refractivity contribution >= 4 is 22.5 Å². The van der Waals surface area contributed by atoms with Crippen LogP contribution in [0.4, 0.5) is 0 Å². The van der Waals surface area contributed by atoms with Gasteiger partial charge < -0.3 is 49.6 Å². The number of carbonyl (C=O) groups is 2. The summed E-state index contributed by atoms with van der Waals surface area (Å²) in [6.07, 6.45) is 1.27. The number of rotatable bonds is 10. The highest BCUT2D eigenvalue weighted by atomic mass is 16.7. The minimum absolute atomic E-state index is 0.0466. The first-order chi connectivity index (χ1) is 28.0. The molecule has 0 amide bonds. The Kier molecular flexibility index (Phi) is 10.3. The molecule has 3 aliphatic heterocycles. The van der Waals surface area contributed by atoms with Crippen LogP contribution in [0.15, 0.2) is 71.3 Å². The molecular weight excluding hydrogens is 744 g/mol. The number of hydrogen-bond acceptors (Lipinski definition) is 11. The molecule has 9 rings (SSSR count). The van der Waals surface area contributed by atoms with Crippen LogP contribution in [0.3, 0.4) is 0 Å². The van der Waals surface area contributed by atoms with Gasteiger partial charge in [0, 0.05) is 25.0 Å². The second-order valence-corrected chi connectivity index (χ2v) is 17.4. The molecule has 6 aliphatic rings. The Morgan fingerprint density at radius 3 is 2.62 bits per heavy atom. The first kappa shape index (κ1) is 39.3. The fourth-order valence-electron chi connectivity index (χ4n) is 12.0. The van der Waals surface area contributed by atoms with Gasteiger partial charge in [-0.05, 0) is 114 Å². The van der Waals surface area contributed by atoms with Crippen molar-refractivity contribution < 1.29 is 59.2 Å². The molecule has 6 N–H and O–H groups in total. The summed E-state index contributed by atoms with van der Waals surface area (Å²) in [4.78, 5) is 26.0. The van der Waals surface area contributed by atoms with E-state index < -0.39 is 48.5 Å². The van der Waals surface area contributed by atoms with Crippen LogP contribution < -0.4 is 4.74 Å². The summed E-state index contributed by atoms with van der Waals surface area (Å²) < 4.78 is 25.6. The number of aliphatic hydroxyl groups is 4. The van der Waals surface area contributed by atoms with E-state index in [9.17, 15) is 40.2 Å². The van der Waals surface area contributed by atoms with Crippen LogP contribution in [0.2, 0.25) is 0 Å². The molecule has 0 unspecified atom stereocenters. The predicted molar refractivity (Wildman–Crippen MR) is 211 cm³/mol. The third-order valence-corrected chi connectivity index (χ3v) is 14.4. The summed E-state index contributed by atoms with van der Waals surface area (Å²) in [5.41, 5.74) is 2.97. The van der Waals surface area contributed by atoms with Crippen molar-refractivity contribution in [2.24, 2.45) is 29.1 Å². The number of benzene rings is 3. The maximum Gasteiger partial charge on any atom is 0.335 e. The van der Waals surface area contributed by atoms with Crippen LogP contribution in [-0.4, -0.2) is 106 Å². The highest BCUT2D eigenvalue weighted by Crippen LogP contribution is 2.66. The van der Waals surface area contributed by atoms with Crippen molar-refractivity contribution in [3.8, 4) is 11.5 Å². The van der Waals surface area contributed by atoms with Crippen LogP contribution in [0.1, 0.15) is 76.8 Å². The van der Waals surface area contributed by atoms with Gasteiger partial charge in [0.25, 0.3) is 0 Å². The molecule has 2 saturated heterocycles. The number of carboxylic acid groups (broad SMARTS) is 1. The molecule has 308 valence electrons. The number of aryl methyl sites for hydroxylation is 2. The summed E-state index contributed by atoms with van der Waals surface area (Å²) in [5.74, 6) is -1.43. The Hall–Kier alpha value is -4.14. The number of ketones is 1. The number of Topliss-reactive ketones (excluding diaryl/α,β-unsaturated/α-hetero) is 1. The molecule has 0 radical (unpaired) electrons. The molecule has 12 heteroatoms. The van der Waals surface area contributed by atoms with Crippen molar-refractivity contribution in [1.29, 1.82) is 0 Å². The monoisotopic (exact) mass is 796 g/mol. The Labute approximate surface area is 336 Å². The minimum Gasteiger partial charge on any atom is -0.506 e. The lowest BCUT2D eigenvalue weighted by molar-refractivity contribution is -0.326. The van der Waals surface area contributed by atoms with Crippen molar-refractivity contribution in [3.63, 3.8) is 0 Å². The zero-order valence-corrected chi connectivity index (χ0v) is 32.6. The van der Waals surface area contributed by atoms with Gasteiger partial charge in [-0.15, -0.1) is 0 Å². The third kappa shape index (κ3) is 6.14. The summed E-state index contributed by atoms with van der Waals surface area (Å²) >= 11 is 0. The maximum absolute atomic E-state index is 13.6. The largest absolute Gasteiger partial charge is 0.506 e. The summed E-state index contributed by atoms with van der Waals surface area (Å²) in [7, 11) is 0. The fourth-order valence-corrected chi connectivity index (χ4v) is 12.0. The Bertz CT molecular complexity index is 2170. The van der Waals surface area contributed by atoms with Gasteiger partial charge in [0.05, 0.1) is 36.3 Å². The van der Waals surface area contributed by atoms with Crippen LogP contribution in [0.25, 0.3) is 10.8 Å². The number of aromatic hydroxyl groups is 1. The molecule has 4 fully saturated rings. The Morgan fingerprint density at radius 1 is 1.05 bits per heavy atom. The average molecular weight is 797 g/mol. The Balaban J connectivity index is 1.05. The zero-order valence-electron chi connectivity index (χ0n) is 32.6. The summed E-state index contributed by atoms with van der Waals surface area (Å²) in [5, 5.41) is 67.8. The lowest BCUT2D eigenvalue weighted by Gasteiger charge is -2.61. The van der Waals surface area contributed by atoms with Crippen molar-refractivity contribution in [1.82, 2.24) is 0 Å². The van der Waals surface area contributed by atoms with Crippen molar-refractivity contribution in [2.75, 3.05) is 33.0 Å². The van der Waals surface area contributed by atoms with E-state index in [0.717, 1.165) is 30.4 Å². The number of hydrogen-bond donors (Lipinski definition) is 6. The second kappa shape index (κ2) is 15.2. The normalized spacial score (nSPS) is 34.0. The van der Waals surface area contributed by atoms with E-state index in [-0.39, 0.29) is 82.7 Å². The van der Waals surface area contributed by atoms with Gasteiger partial charge in [-0.2, -0.15) is 0 Å². The number of fused-ring (bicyclic) bond motifs is 3. The van der Waals surface area contributed by atoms with Gasteiger partial charge in [-0.3, -0.25) is 4.79 Å². The molecule has 3 heterocycles. The molecule has 10 atom stereocenters. The SMILES string of the molecule is Cc1cc2cc(C(=O)O)cc(O[C@@H]3O[C@H](CO)[C@]4(C[C@@H]5C6=C(CC=C6[C@]6(CCO)COC[C@@H]7CCC[C@@H]5[C@H]76)CO4)[C@H](O)[C@H]3O)c2c(O)c1C(=O)CCc1ccccc1. The number of carbonyl (C=O) groups excluding carboxylic acids is 1. The molecule has 58 heavy (non-hydrogen) atoms. The lowest BCUT2D eigenvalue weighted by Crippen LogP contribution is -2.69. The highest BCUT2D eigenvalue weighted by Gasteiger charge is 2.65. The van der Waals surface area contributed by atoms with Crippen molar-refractivity contribution in [3.05, 3.63) is 93.6 Å². The van der Waals surface area contributed by atoms with E-state index in [2.05, 4.69) is 6.08 Å². The van der Waals surface area contributed by atoms with E-state index in [1.807, 2.05) is 30.3 Å².